The van der Waals surface area contributed by atoms with Crippen LogP contribution in [0.2, 0.25) is 0 Å². The van der Waals surface area contributed by atoms with Crippen molar-refractivity contribution in [1.82, 2.24) is 9.55 Å². The van der Waals surface area contributed by atoms with Gasteiger partial charge in [0.25, 0.3) is 0 Å². The van der Waals surface area contributed by atoms with Crippen molar-refractivity contribution >= 4 is 5.95 Å². The quantitative estimate of drug-likeness (QED) is 0.828. The first-order valence-corrected chi connectivity index (χ1v) is 7.51. The summed E-state index contributed by atoms with van der Waals surface area (Å²) in [5.41, 5.74) is 1.09. The fourth-order valence-electron chi connectivity index (χ4n) is 2.95. The van der Waals surface area contributed by atoms with Crippen LogP contribution in [0, 0.1) is 6.92 Å². The van der Waals surface area contributed by atoms with Crippen LogP contribution in [0.1, 0.15) is 57.2 Å². The van der Waals surface area contributed by atoms with Crippen LogP contribution in [0.25, 0.3) is 0 Å². The van der Waals surface area contributed by atoms with Crippen LogP contribution >= 0.6 is 0 Å². The third-order valence-electron chi connectivity index (χ3n) is 3.86. The number of hydrogen-bond acceptors (Lipinski definition) is 3. The van der Waals surface area contributed by atoms with Gasteiger partial charge in [-0.2, -0.15) is 0 Å². The zero-order valence-electron chi connectivity index (χ0n) is 12.5. The lowest BCUT2D eigenvalue weighted by Crippen LogP contribution is -2.24. The van der Waals surface area contributed by atoms with Crippen molar-refractivity contribution < 1.29 is 4.74 Å². The number of aryl methyl sites for hydroxylation is 1. The Morgan fingerprint density at radius 3 is 2.68 bits per heavy atom. The van der Waals surface area contributed by atoms with Gasteiger partial charge in [-0.1, -0.05) is 25.7 Å². The van der Waals surface area contributed by atoms with Crippen LogP contribution in [-0.4, -0.2) is 29.3 Å². The molecule has 0 saturated heterocycles. The Morgan fingerprint density at radius 1 is 1.37 bits per heavy atom. The van der Waals surface area contributed by atoms with Crippen molar-refractivity contribution in [3.8, 4) is 0 Å². The van der Waals surface area contributed by atoms with Gasteiger partial charge in [-0.05, 0) is 26.7 Å². The Bertz CT molecular complexity index is 381. The van der Waals surface area contributed by atoms with E-state index in [0.717, 1.165) is 11.6 Å². The molecule has 1 aliphatic carbocycles. The Balaban J connectivity index is 2.10. The molecule has 4 heteroatoms. The minimum atomic E-state index is 0.288. The number of nitrogens with one attached hydrogen (secondary N) is 1. The van der Waals surface area contributed by atoms with E-state index < -0.39 is 0 Å². The summed E-state index contributed by atoms with van der Waals surface area (Å²) in [6.07, 6.45) is 10.2. The van der Waals surface area contributed by atoms with Crippen LogP contribution in [0.3, 0.4) is 0 Å². The topological polar surface area (TPSA) is 39.1 Å². The highest BCUT2D eigenvalue weighted by atomic mass is 16.5. The minimum absolute atomic E-state index is 0.288. The predicted octanol–water partition coefficient (Wildman–Crippen LogP) is 3.53. The molecule has 0 bridgehead atoms. The van der Waals surface area contributed by atoms with Crippen molar-refractivity contribution in [3.05, 3.63) is 11.9 Å². The van der Waals surface area contributed by atoms with Crippen LogP contribution in [0.5, 0.6) is 0 Å². The lowest BCUT2D eigenvalue weighted by molar-refractivity contribution is 0.190. The molecule has 1 unspecified atom stereocenters. The number of aromatic nitrogens is 2. The normalized spacial score (nSPS) is 19.1. The van der Waals surface area contributed by atoms with Gasteiger partial charge in [0, 0.05) is 25.4 Å². The molecule has 1 aromatic heterocycles. The molecule has 1 saturated carbocycles. The van der Waals surface area contributed by atoms with Crippen LogP contribution < -0.4 is 5.32 Å². The summed E-state index contributed by atoms with van der Waals surface area (Å²) in [6.45, 7) is 4.90. The molecule has 4 nitrogen and oxygen atoms in total. The van der Waals surface area contributed by atoms with E-state index in [1.807, 2.05) is 0 Å². The molecular weight excluding hydrogens is 238 g/mol. The summed E-state index contributed by atoms with van der Waals surface area (Å²) in [6, 6.07) is 0.900. The van der Waals surface area contributed by atoms with Gasteiger partial charge in [0.15, 0.2) is 0 Å². The van der Waals surface area contributed by atoms with E-state index in [-0.39, 0.29) is 6.04 Å². The van der Waals surface area contributed by atoms with Crippen LogP contribution in [-0.2, 0) is 4.74 Å². The maximum atomic E-state index is 5.19. The molecule has 1 aliphatic rings. The third-order valence-corrected chi connectivity index (χ3v) is 3.86. The lowest BCUT2D eigenvalue weighted by atomic mass is 10.1. The Kier molecular flexibility index (Phi) is 5.25. The van der Waals surface area contributed by atoms with E-state index >= 15 is 0 Å². The highest BCUT2D eigenvalue weighted by molar-refractivity contribution is 5.31. The number of ether oxygens (including phenoxy) is 1. The van der Waals surface area contributed by atoms with Crippen molar-refractivity contribution in [2.24, 2.45) is 0 Å². The van der Waals surface area contributed by atoms with E-state index in [9.17, 15) is 0 Å². The number of nitrogens with zero attached hydrogens (tertiary/aromatic N) is 2. The zero-order valence-corrected chi connectivity index (χ0v) is 12.5. The zero-order chi connectivity index (χ0) is 13.7. The van der Waals surface area contributed by atoms with Crippen molar-refractivity contribution in [1.29, 1.82) is 0 Å². The van der Waals surface area contributed by atoms with Crippen LogP contribution in [0.4, 0.5) is 5.95 Å². The molecule has 0 spiro atoms. The van der Waals surface area contributed by atoms with Gasteiger partial charge >= 0.3 is 0 Å². The summed E-state index contributed by atoms with van der Waals surface area (Å²) < 4.78 is 7.54. The van der Waals surface area contributed by atoms with Crippen molar-refractivity contribution in [3.63, 3.8) is 0 Å². The molecule has 0 amide bonds. The summed E-state index contributed by atoms with van der Waals surface area (Å²) in [5.74, 6) is 1.01. The second kappa shape index (κ2) is 6.94. The maximum Gasteiger partial charge on any atom is 0.203 e. The molecule has 19 heavy (non-hydrogen) atoms. The first kappa shape index (κ1) is 14.4. The molecular formula is C15H27N3O. The van der Waals surface area contributed by atoms with E-state index in [4.69, 9.17) is 4.74 Å². The highest BCUT2D eigenvalue weighted by Crippen LogP contribution is 2.30. The van der Waals surface area contributed by atoms with E-state index in [1.165, 1.54) is 38.5 Å². The fourth-order valence-corrected chi connectivity index (χ4v) is 2.95. The van der Waals surface area contributed by atoms with Gasteiger partial charge in [-0.15, -0.1) is 0 Å². The third kappa shape index (κ3) is 3.96. The molecule has 0 radical (unpaired) electrons. The molecule has 0 aromatic carbocycles. The van der Waals surface area contributed by atoms with Crippen molar-refractivity contribution in [2.75, 3.05) is 19.0 Å². The standard InChI is InChI=1S/C15H27N3O/c1-12-10-18(14-8-6-4-5-7-9-14)15(16-12)17-13(2)11-19-3/h10,13-14H,4-9,11H2,1-3H3,(H,16,17). The Morgan fingerprint density at radius 2 is 2.05 bits per heavy atom. The van der Waals surface area contributed by atoms with Crippen molar-refractivity contribution in [2.45, 2.75) is 64.5 Å². The van der Waals surface area contributed by atoms with E-state index in [0.29, 0.717) is 12.6 Å². The van der Waals surface area contributed by atoms with Gasteiger partial charge in [-0.3, -0.25) is 0 Å². The van der Waals surface area contributed by atoms with Crippen LogP contribution in [0.15, 0.2) is 6.20 Å². The second-order valence-electron chi connectivity index (χ2n) is 5.76. The summed E-state index contributed by atoms with van der Waals surface area (Å²) >= 11 is 0. The van der Waals surface area contributed by atoms with Gasteiger partial charge in [-0.25, -0.2) is 4.98 Å². The van der Waals surface area contributed by atoms with Gasteiger partial charge < -0.3 is 14.6 Å². The SMILES string of the molecule is COCC(C)Nc1nc(C)cn1C1CCCCCC1. The Labute approximate surface area is 116 Å². The number of imidazole rings is 1. The number of rotatable bonds is 5. The highest BCUT2D eigenvalue weighted by Gasteiger charge is 2.18. The summed E-state index contributed by atoms with van der Waals surface area (Å²) in [4.78, 5) is 4.63. The molecule has 2 rings (SSSR count). The van der Waals surface area contributed by atoms with Gasteiger partial charge in [0.05, 0.1) is 12.3 Å². The average molecular weight is 265 g/mol. The van der Waals surface area contributed by atoms with E-state index in [2.05, 4.69) is 34.9 Å². The fraction of sp³-hybridized carbons (Fsp3) is 0.800. The molecule has 108 valence electrons. The van der Waals surface area contributed by atoms with E-state index in [1.54, 1.807) is 7.11 Å². The number of anilines is 1. The Hall–Kier alpha value is -1.03. The minimum Gasteiger partial charge on any atom is -0.383 e. The summed E-state index contributed by atoms with van der Waals surface area (Å²) in [7, 11) is 1.74. The smallest absolute Gasteiger partial charge is 0.203 e. The van der Waals surface area contributed by atoms with Gasteiger partial charge in [0.2, 0.25) is 5.95 Å². The molecule has 1 heterocycles. The summed E-state index contributed by atoms with van der Waals surface area (Å²) in [5, 5.41) is 3.48. The molecule has 1 N–H and O–H groups in total. The largest absolute Gasteiger partial charge is 0.383 e. The average Bonchev–Trinajstić information content (AvgIpc) is 2.60. The molecule has 1 atom stereocenters. The first-order chi connectivity index (χ1) is 9.20. The number of hydrogen-bond donors (Lipinski definition) is 1. The van der Waals surface area contributed by atoms with Gasteiger partial charge in [0.1, 0.15) is 0 Å². The maximum absolute atomic E-state index is 5.19. The first-order valence-electron chi connectivity index (χ1n) is 7.51. The second-order valence-corrected chi connectivity index (χ2v) is 5.76. The molecule has 1 aromatic rings. The molecule has 1 fully saturated rings. The lowest BCUT2D eigenvalue weighted by Gasteiger charge is -2.21. The monoisotopic (exact) mass is 265 g/mol. The number of methoxy groups -OCH3 is 1. The molecule has 0 aliphatic heterocycles. The predicted molar refractivity (Wildman–Crippen MR) is 78.7 cm³/mol.